The fourth-order valence-electron chi connectivity index (χ4n) is 0.700. The van der Waals surface area contributed by atoms with E-state index >= 15 is 0 Å². The Balaban J connectivity index is 3.14. The summed E-state index contributed by atoms with van der Waals surface area (Å²) in [7, 11) is 0. The number of hydrogen-bond donors (Lipinski definition) is 2. The normalized spacial score (nSPS) is 11.8. The molecule has 0 heterocycles. The van der Waals surface area contributed by atoms with Crippen molar-refractivity contribution in [1.82, 2.24) is 0 Å². The Morgan fingerprint density at radius 2 is 1.58 bits per heavy atom. The topological polar surface area (TPSA) is 0 Å². The Hall–Kier alpha value is -0.290. The maximum atomic E-state index is 12.0. The molecule has 1 rings (SSSR count). The zero-order valence-electron chi connectivity index (χ0n) is 5.76. The van der Waals surface area contributed by atoms with Crippen molar-refractivity contribution < 1.29 is 13.2 Å². The highest BCUT2D eigenvalue weighted by atomic mass is 32.1. The summed E-state index contributed by atoms with van der Waals surface area (Å²) < 4.78 is 36.1. The zero-order valence-corrected chi connectivity index (χ0v) is 7.55. The summed E-state index contributed by atoms with van der Waals surface area (Å²) in [5.41, 5.74) is -0.703. The SMILES string of the molecule is FC(F)(F)c1ccc(S)c(S)c1. The molecule has 0 fully saturated rings. The largest absolute Gasteiger partial charge is 0.416 e. The Morgan fingerprint density at radius 1 is 1.00 bits per heavy atom. The van der Waals surface area contributed by atoms with Crippen molar-refractivity contribution in [3.63, 3.8) is 0 Å². The summed E-state index contributed by atoms with van der Waals surface area (Å²) in [6.07, 6.45) is -4.31. The molecule has 0 aliphatic heterocycles. The molecule has 0 atom stereocenters. The molecule has 5 heteroatoms. The monoisotopic (exact) mass is 210 g/mol. The molecule has 0 amide bonds. The van der Waals surface area contributed by atoms with Crippen molar-refractivity contribution in [2.24, 2.45) is 0 Å². The average Bonchev–Trinajstić information content (AvgIpc) is 1.92. The lowest BCUT2D eigenvalue weighted by Gasteiger charge is -2.07. The first-order chi connectivity index (χ1) is 5.41. The molecular weight excluding hydrogens is 205 g/mol. The van der Waals surface area contributed by atoms with Gasteiger partial charge in [-0.15, -0.1) is 25.3 Å². The quantitative estimate of drug-likeness (QED) is 0.603. The fraction of sp³-hybridized carbons (Fsp3) is 0.143. The van der Waals surface area contributed by atoms with Gasteiger partial charge in [0.2, 0.25) is 0 Å². The van der Waals surface area contributed by atoms with Gasteiger partial charge in [-0.25, -0.2) is 0 Å². The predicted octanol–water partition coefficient (Wildman–Crippen LogP) is 3.28. The molecule has 0 spiro atoms. The van der Waals surface area contributed by atoms with Crippen LogP contribution in [0.15, 0.2) is 28.0 Å². The molecular formula is C7H5F3S2. The van der Waals surface area contributed by atoms with Crippen LogP contribution in [0.3, 0.4) is 0 Å². The molecule has 0 aromatic heterocycles. The average molecular weight is 210 g/mol. The van der Waals surface area contributed by atoms with Crippen molar-refractivity contribution in [1.29, 1.82) is 0 Å². The van der Waals surface area contributed by atoms with E-state index in [1.165, 1.54) is 6.07 Å². The number of halogens is 3. The van der Waals surface area contributed by atoms with Gasteiger partial charge < -0.3 is 0 Å². The maximum Gasteiger partial charge on any atom is 0.416 e. The highest BCUT2D eigenvalue weighted by Gasteiger charge is 2.30. The van der Waals surface area contributed by atoms with E-state index < -0.39 is 11.7 Å². The second-order valence-corrected chi connectivity index (χ2v) is 3.16. The van der Waals surface area contributed by atoms with Crippen molar-refractivity contribution in [2.45, 2.75) is 16.0 Å². The van der Waals surface area contributed by atoms with Crippen LogP contribution >= 0.6 is 25.3 Å². The number of rotatable bonds is 0. The van der Waals surface area contributed by atoms with Gasteiger partial charge in [0.1, 0.15) is 0 Å². The van der Waals surface area contributed by atoms with Gasteiger partial charge in [-0.1, -0.05) is 0 Å². The third-order valence-electron chi connectivity index (χ3n) is 1.30. The van der Waals surface area contributed by atoms with Crippen LogP contribution in [-0.4, -0.2) is 0 Å². The second-order valence-electron chi connectivity index (χ2n) is 2.20. The predicted molar refractivity (Wildman–Crippen MR) is 45.9 cm³/mol. The first kappa shape index (κ1) is 9.80. The minimum atomic E-state index is -4.31. The van der Waals surface area contributed by atoms with E-state index in [0.717, 1.165) is 12.1 Å². The molecule has 1 aromatic carbocycles. The van der Waals surface area contributed by atoms with Crippen LogP contribution in [0, 0.1) is 0 Å². The summed E-state index contributed by atoms with van der Waals surface area (Å²) >= 11 is 7.72. The highest BCUT2D eigenvalue weighted by molar-refractivity contribution is 7.83. The van der Waals surface area contributed by atoms with E-state index in [1.54, 1.807) is 0 Å². The Bertz CT molecular complexity index is 293. The van der Waals surface area contributed by atoms with E-state index in [2.05, 4.69) is 25.3 Å². The number of thiol groups is 2. The lowest BCUT2D eigenvalue weighted by atomic mass is 10.2. The van der Waals surface area contributed by atoms with Gasteiger partial charge in [-0.3, -0.25) is 0 Å². The summed E-state index contributed by atoms with van der Waals surface area (Å²) in [6.45, 7) is 0. The minimum absolute atomic E-state index is 0.230. The third-order valence-corrected chi connectivity index (χ3v) is 2.24. The molecule has 0 radical (unpaired) electrons. The van der Waals surface area contributed by atoms with Crippen molar-refractivity contribution >= 4 is 25.3 Å². The minimum Gasteiger partial charge on any atom is -0.166 e. The Labute approximate surface area is 78.6 Å². The van der Waals surface area contributed by atoms with Crippen LogP contribution < -0.4 is 0 Å². The summed E-state index contributed by atoms with van der Waals surface area (Å²) in [4.78, 5) is 0.666. The summed E-state index contributed by atoms with van der Waals surface area (Å²) in [5, 5.41) is 0. The fourth-order valence-corrected chi connectivity index (χ4v) is 1.05. The molecule has 0 saturated carbocycles. The first-order valence-electron chi connectivity index (χ1n) is 3.00. The Morgan fingerprint density at radius 3 is 2.00 bits per heavy atom. The molecule has 0 nitrogen and oxygen atoms in total. The van der Waals surface area contributed by atoms with Crippen LogP contribution in [0.2, 0.25) is 0 Å². The lowest BCUT2D eigenvalue weighted by Crippen LogP contribution is -2.04. The van der Waals surface area contributed by atoms with Gasteiger partial charge >= 0.3 is 6.18 Å². The maximum absolute atomic E-state index is 12.0. The Kier molecular flexibility index (Phi) is 2.63. The molecule has 66 valence electrons. The molecule has 0 saturated heterocycles. The second kappa shape index (κ2) is 3.22. The van der Waals surface area contributed by atoms with Crippen LogP contribution in [0.25, 0.3) is 0 Å². The molecule has 12 heavy (non-hydrogen) atoms. The standard InChI is InChI=1S/C7H5F3S2/c8-7(9,10)4-1-2-5(11)6(12)3-4/h1-3,11-12H. The third kappa shape index (κ3) is 2.10. The van der Waals surface area contributed by atoms with Crippen molar-refractivity contribution in [3.05, 3.63) is 23.8 Å². The first-order valence-corrected chi connectivity index (χ1v) is 3.90. The lowest BCUT2D eigenvalue weighted by molar-refractivity contribution is -0.137. The van der Waals surface area contributed by atoms with Crippen LogP contribution in [0.5, 0.6) is 0 Å². The van der Waals surface area contributed by atoms with Crippen LogP contribution in [-0.2, 0) is 6.18 Å². The van der Waals surface area contributed by atoms with E-state index in [4.69, 9.17) is 0 Å². The molecule has 1 aromatic rings. The number of benzene rings is 1. The molecule has 0 bridgehead atoms. The van der Waals surface area contributed by atoms with Gasteiger partial charge in [-0.05, 0) is 18.2 Å². The summed E-state index contributed by atoms with van der Waals surface area (Å²) in [6, 6.07) is 3.20. The highest BCUT2D eigenvalue weighted by Crippen LogP contribution is 2.32. The van der Waals surface area contributed by atoms with Crippen molar-refractivity contribution in [3.8, 4) is 0 Å². The molecule has 0 aliphatic rings. The van der Waals surface area contributed by atoms with E-state index in [0.29, 0.717) is 4.90 Å². The molecule has 0 N–H and O–H groups in total. The smallest absolute Gasteiger partial charge is 0.166 e. The van der Waals surface area contributed by atoms with Gasteiger partial charge in [0.05, 0.1) is 5.56 Å². The van der Waals surface area contributed by atoms with Gasteiger partial charge in [0.25, 0.3) is 0 Å². The van der Waals surface area contributed by atoms with E-state index in [9.17, 15) is 13.2 Å². The van der Waals surface area contributed by atoms with Crippen molar-refractivity contribution in [2.75, 3.05) is 0 Å². The molecule has 0 aliphatic carbocycles. The van der Waals surface area contributed by atoms with Gasteiger partial charge in [-0.2, -0.15) is 13.2 Å². The van der Waals surface area contributed by atoms with E-state index in [-0.39, 0.29) is 4.90 Å². The van der Waals surface area contributed by atoms with Crippen LogP contribution in [0.1, 0.15) is 5.56 Å². The van der Waals surface area contributed by atoms with E-state index in [1.807, 2.05) is 0 Å². The number of hydrogen-bond acceptors (Lipinski definition) is 2. The van der Waals surface area contributed by atoms with Crippen LogP contribution in [0.4, 0.5) is 13.2 Å². The molecule has 0 unspecified atom stereocenters. The van der Waals surface area contributed by atoms with Gasteiger partial charge in [0, 0.05) is 9.79 Å². The number of alkyl halides is 3. The van der Waals surface area contributed by atoms with Gasteiger partial charge in [0.15, 0.2) is 0 Å². The zero-order chi connectivity index (χ0) is 9.35. The summed E-state index contributed by atoms with van der Waals surface area (Å²) in [5.74, 6) is 0.